The van der Waals surface area contributed by atoms with Gasteiger partial charge >= 0.3 is 11.8 Å². The summed E-state index contributed by atoms with van der Waals surface area (Å²) < 4.78 is 7.04. The molecule has 4 rings (SSSR count). The minimum atomic E-state index is -0.189. The number of benzene rings is 1. The molecule has 1 aromatic carbocycles. The maximum atomic E-state index is 12.4. The molecule has 2 aromatic rings. The number of carbonyl (C=O) groups is 1. The van der Waals surface area contributed by atoms with E-state index in [0.717, 1.165) is 62.6 Å². The summed E-state index contributed by atoms with van der Waals surface area (Å²) in [6.07, 6.45) is 5.94. The molecule has 0 atom stereocenters. The van der Waals surface area contributed by atoms with Crippen molar-refractivity contribution in [3.05, 3.63) is 34.7 Å². The monoisotopic (exact) mass is 386 g/mol. The number of nitrogens with zero attached hydrogens (tertiary/aromatic N) is 2. The average Bonchev–Trinajstić information content (AvgIpc) is 3.05. The van der Waals surface area contributed by atoms with Gasteiger partial charge < -0.3 is 19.9 Å². The van der Waals surface area contributed by atoms with Crippen molar-refractivity contribution in [2.45, 2.75) is 63.6 Å². The molecule has 0 bridgehead atoms. The van der Waals surface area contributed by atoms with E-state index in [-0.39, 0.29) is 17.8 Å². The van der Waals surface area contributed by atoms with Crippen LogP contribution in [0.5, 0.6) is 0 Å². The number of H-pyrrole nitrogens is 1. The summed E-state index contributed by atoms with van der Waals surface area (Å²) >= 11 is 0. The lowest BCUT2D eigenvalue weighted by molar-refractivity contribution is 0.0933. The van der Waals surface area contributed by atoms with Crippen molar-refractivity contribution >= 4 is 17.1 Å². The number of rotatable bonds is 4. The standard InChI is InChI=1S/C21H30N4O3/c1-2-28-21(27)24-13-11-16(12-14-24)22-15-7-9-17(10-8-15)25-19-6-4-3-5-18(19)23-20(25)26/h3-6,15-17,22H,2,7-14H2,1H3,(H,23,26). The molecule has 7 heteroatoms. The maximum Gasteiger partial charge on any atom is 0.409 e. The number of aromatic amines is 1. The van der Waals surface area contributed by atoms with Gasteiger partial charge in [-0.2, -0.15) is 0 Å². The Kier molecular flexibility index (Phi) is 5.71. The van der Waals surface area contributed by atoms with Gasteiger partial charge in [0.15, 0.2) is 0 Å². The summed E-state index contributed by atoms with van der Waals surface area (Å²) in [5.41, 5.74) is 1.93. The third-order valence-electron chi connectivity index (χ3n) is 6.18. The number of nitrogens with one attached hydrogen (secondary N) is 2. The molecule has 1 aromatic heterocycles. The van der Waals surface area contributed by atoms with Gasteiger partial charge in [0.05, 0.1) is 17.6 Å². The Morgan fingerprint density at radius 1 is 1.11 bits per heavy atom. The number of hydrogen-bond acceptors (Lipinski definition) is 4. The van der Waals surface area contributed by atoms with Gasteiger partial charge in [-0.05, 0) is 57.6 Å². The van der Waals surface area contributed by atoms with E-state index < -0.39 is 0 Å². The number of imidazole rings is 1. The molecule has 152 valence electrons. The van der Waals surface area contributed by atoms with Crippen LogP contribution in [0.4, 0.5) is 4.79 Å². The van der Waals surface area contributed by atoms with Gasteiger partial charge in [0.2, 0.25) is 0 Å². The predicted molar refractivity (Wildman–Crippen MR) is 109 cm³/mol. The molecular formula is C21H30N4O3. The van der Waals surface area contributed by atoms with Gasteiger partial charge in [-0.25, -0.2) is 9.59 Å². The number of para-hydroxylation sites is 2. The molecule has 1 saturated carbocycles. The van der Waals surface area contributed by atoms with Crippen LogP contribution in [0.1, 0.15) is 51.5 Å². The van der Waals surface area contributed by atoms with Crippen LogP contribution in [0, 0.1) is 0 Å². The van der Waals surface area contributed by atoms with Gasteiger partial charge in [-0.15, -0.1) is 0 Å². The van der Waals surface area contributed by atoms with Crippen LogP contribution in [-0.2, 0) is 4.74 Å². The van der Waals surface area contributed by atoms with E-state index in [9.17, 15) is 9.59 Å². The predicted octanol–water partition coefficient (Wildman–Crippen LogP) is 3.02. The Morgan fingerprint density at radius 2 is 1.79 bits per heavy atom. The van der Waals surface area contributed by atoms with E-state index in [1.54, 1.807) is 0 Å². The van der Waals surface area contributed by atoms with E-state index >= 15 is 0 Å². The molecule has 1 amide bonds. The van der Waals surface area contributed by atoms with Crippen LogP contribution < -0.4 is 11.0 Å². The second kappa shape index (κ2) is 8.39. The lowest BCUT2D eigenvalue weighted by atomic mass is 9.89. The quantitative estimate of drug-likeness (QED) is 0.847. The first-order chi connectivity index (χ1) is 13.7. The number of hydrogen-bond donors (Lipinski definition) is 2. The topological polar surface area (TPSA) is 79.4 Å². The second-order valence-corrected chi connectivity index (χ2v) is 7.95. The molecule has 0 unspecified atom stereocenters. The highest BCUT2D eigenvalue weighted by molar-refractivity contribution is 5.75. The van der Waals surface area contributed by atoms with Crippen molar-refractivity contribution < 1.29 is 9.53 Å². The van der Waals surface area contributed by atoms with Crippen LogP contribution in [-0.4, -0.2) is 52.3 Å². The van der Waals surface area contributed by atoms with Crippen molar-refractivity contribution in [3.63, 3.8) is 0 Å². The van der Waals surface area contributed by atoms with Crippen LogP contribution in [0.2, 0.25) is 0 Å². The second-order valence-electron chi connectivity index (χ2n) is 7.95. The fourth-order valence-corrected chi connectivity index (χ4v) is 4.71. The summed E-state index contributed by atoms with van der Waals surface area (Å²) in [5.74, 6) is 0. The number of aromatic nitrogens is 2. The number of ether oxygens (including phenoxy) is 1. The third-order valence-corrected chi connectivity index (χ3v) is 6.18. The van der Waals surface area contributed by atoms with Crippen LogP contribution in [0.3, 0.4) is 0 Å². The summed E-state index contributed by atoms with van der Waals surface area (Å²) in [7, 11) is 0. The minimum Gasteiger partial charge on any atom is -0.450 e. The maximum absolute atomic E-state index is 12.4. The number of carbonyl (C=O) groups excluding carboxylic acids is 1. The summed E-state index contributed by atoms with van der Waals surface area (Å²) in [5, 5.41) is 3.79. The zero-order valence-electron chi connectivity index (χ0n) is 16.5. The Bertz CT molecular complexity index is 858. The average molecular weight is 386 g/mol. The highest BCUT2D eigenvalue weighted by Crippen LogP contribution is 2.30. The smallest absolute Gasteiger partial charge is 0.409 e. The lowest BCUT2D eigenvalue weighted by Crippen LogP contribution is -2.48. The molecule has 2 aliphatic rings. The summed E-state index contributed by atoms with van der Waals surface area (Å²) in [6.45, 7) is 3.79. The molecular weight excluding hydrogens is 356 g/mol. The number of likely N-dealkylation sites (tertiary alicyclic amines) is 1. The highest BCUT2D eigenvalue weighted by Gasteiger charge is 2.28. The minimum absolute atomic E-state index is 0.00365. The van der Waals surface area contributed by atoms with E-state index in [1.807, 2.05) is 40.7 Å². The molecule has 1 saturated heterocycles. The Hall–Kier alpha value is -2.28. The van der Waals surface area contributed by atoms with Crippen molar-refractivity contribution in [2.75, 3.05) is 19.7 Å². The van der Waals surface area contributed by atoms with Crippen LogP contribution >= 0.6 is 0 Å². The highest BCUT2D eigenvalue weighted by atomic mass is 16.6. The molecule has 1 aliphatic carbocycles. The molecule has 0 radical (unpaired) electrons. The first kappa shape index (κ1) is 19.1. The van der Waals surface area contributed by atoms with E-state index in [2.05, 4.69) is 10.3 Å². The van der Waals surface area contributed by atoms with Gasteiger partial charge in [-0.1, -0.05) is 12.1 Å². The van der Waals surface area contributed by atoms with Crippen molar-refractivity contribution in [3.8, 4) is 0 Å². The van der Waals surface area contributed by atoms with Gasteiger partial charge in [0.1, 0.15) is 0 Å². The molecule has 1 aliphatic heterocycles. The molecule has 2 N–H and O–H groups in total. The van der Waals surface area contributed by atoms with E-state index in [0.29, 0.717) is 18.7 Å². The van der Waals surface area contributed by atoms with E-state index in [1.165, 1.54) is 0 Å². The summed E-state index contributed by atoms with van der Waals surface area (Å²) in [4.78, 5) is 29.0. The summed E-state index contributed by atoms with van der Waals surface area (Å²) in [6, 6.07) is 9.16. The van der Waals surface area contributed by atoms with Crippen LogP contribution in [0.15, 0.2) is 29.1 Å². The first-order valence-corrected chi connectivity index (χ1v) is 10.5. The Balaban J connectivity index is 1.29. The SMILES string of the molecule is CCOC(=O)N1CCC(NC2CCC(n3c(=O)[nH]c4ccccc43)CC2)CC1. The normalized spacial score (nSPS) is 23.8. The van der Waals surface area contributed by atoms with Gasteiger partial charge in [-0.3, -0.25) is 4.57 Å². The van der Waals surface area contributed by atoms with Gasteiger partial charge in [0.25, 0.3) is 0 Å². The van der Waals surface area contributed by atoms with E-state index in [4.69, 9.17) is 4.74 Å². The van der Waals surface area contributed by atoms with Crippen LogP contribution in [0.25, 0.3) is 11.0 Å². The lowest BCUT2D eigenvalue weighted by Gasteiger charge is -2.36. The Morgan fingerprint density at radius 3 is 2.50 bits per heavy atom. The molecule has 0 spiro atoms. The van der Waals surface area contributed by atoms with Crippen molar-refractivity contribution in [1.29, 1.82) is 0 Å². The fraction of sp³-hybridized carbons (Fsp3) is 0.619. The molecule has 28 heavy (non-hydrogen) atoms. The third kappa shape index (κ3) is 3.94. The zero-order valence-corrected chi connectivity index (χ0v) is 16.5. The number of fused-ring (bicyclic) bond motifs is 1. The largest absolute Gasteiger partial charge is 0.450 e. The zero-order chi connectivity index (χ0) is 19.5. The van der Waals surface area contributed by atoms with Crippen molar-refractivity contribution in [2.24, 2.45) is 0 Å². The fourth-order valence-electron chi connectivity index (χ4n) is 4.71. The first-order valence-electron chi connectivity index (χ1n) is 10.5. The number of piperidine rings is 1. The molecule has 2 fully saturated rings. The van der Waals surface area contributed by atoms with Gasteiger partial charge in [0, 0.05) is 31.2 Å². The van der Waals surface area contributed by atoms with Crippen molar-refractivity contribution in [1.82, 2.24) is 19.8 Å². The number of amides is 1. The molecule has 7 nitrogen and oxygen atoms in total. The molecule has 2 heterocycles. The Labute approximate surface area is 165 Å².